The van der Waals surface area contributed by atoms with Crippen molar-refractivity contribution in [3.05, 3.63) is 11.8 Å². The van der Waals surface area contributed by atoms with Crippen molar-refractivity contribution in [3.63, 3.8) is 0 Å². The Morgan fingerprint density at radius 1 is 1.86 bits per heavy atom. The standard InChI is InChI=1S/C4H10N2S/c1-4(5)2-3-7-6/h2H,3,5-6H2,1H3. The predicted molar refractivity (Wildman–Crippen MR) is 34.6 cm³/mol. The van der Waals surface area contributed by atoms with Gasteiger partial charge in [-0.3, -0.25) is 5.14 Å². The number of nitrogens with two attached hydrogens (primary N) is 2. The number of allylic oxidation sites excluding steroid dienone is 1. The van der Waals surface area contributed by atoms with Crippen molar-refractivity contribution < 1.29 is 0 Å². The molecule has 42 valence electrons. The fourth-order valence-electron chi connectivity index (χ4n) is 0.180. The van der Waals surface area contributed by atoms with Crippen molar-refractivity contribution in [1.29, 1.82) is 0 Å². The molecular weight excluding hydrogens is 108 g/mol. The van der Waals surface area contributed by atoms with Crippen molar-refractivity contribution in [1.82, 2.24) is 0 Å². The molecule has 7 heavy (non-hydrogen) atoms. The summed E-state index contributed by atoms with van der Waals surface area (Å²) in [5, 5.41) is 5.09. The molecule has 3 heteroatoms. The van der Waals surface area contributed by atoms with E-state index in [2.05, 4.69) is 0 Å². The van der Waals surface area contributed by atoms with E-state index in [4.69, 9.17) is 10.9 Å². The molecule has 0 radical (unpaired) electrons. The normalized spacial score (nSPS) is 12.0. The second kappa shape index (κ2) is 4.02. The molecule has 0 aromatic rings. The molecular formula is C4H10N2S. The SMILES string of the molecule is CC(N)=CCSN. The maximum atomic E-state index is 5.27. The van der Waals surface area contributed by atoms with Crippen molar-refractivity contribution in [2.45, 2.75) is 6.92 Å². The first-order valence-corrected chi connectivity index (χ1v) is 3.06. The van der Waals surface area contributed by atoms with E-state index in [1.54, 1.807) is 0 Å². The van der Waals surface area contributed by atoms with Crippen LogP contribution in [0.1, 0.15) is 6.92 Å². The van der Waals surface area contributed by atoms with Gasteiger partial charge in [0.1, 0.15) is 0 Å². The summed E-state index contributed by atoms with van der Waals surface area (Å²) in [5.41, 5.74) is 6.10. The summed E-state index contributed by atoms with van der Waals surface area (Å²) >= 11 is 1.27. The van der Waals surface area contributed by atoms with Gasteiger partial charge in [0.25, 0.3) is 0 Å². The van der Waals surface area contributed by atoms with Crippen LogP contribution in [-0.2, 0) is 0 Å². The number of rotatable bonds is 2. The monoisotopic (exact) mass is 118 g/mol. The highest BCUT2D eigenvalue weighted by molar-refractivity contribution is 7.97. The molecule has 0 amide bonds. The average molecular weight is 118 g/mol. The largest absolute Gasteiger partial charge is 0.402 e. The maximum Gasteiger partial charge on any atom is 0.0276 e. The Balaban J connectivity index is 3.08. The zero-order valence-corrected chi connectivity index (χ0v) is 5.16. The van der Waals surface area contributed by atoms with Gasteiger partial charge in [0, 0.05) is 11.4 Å². The van der Waals surface area contributed by atoms with E-state index in [1.165, 1.54) is 11.9 Å². The Hall–Kier alpha value is -0.150. The third-order valence-electron chi connectivity index (χ3n) is 0.502. The highest BCUT2D eigenvalue weighted by Crippen LogP contribution is 1.87. The van der Waals surface area contributed by atoms with Gasteiger partial charge >= 0.3 is 0 Å². The molecule has 0 spiro atoms. The Morgan fingerprint density at radius 2 is 2.43 bits per heavy atom. The molecule has 0 aromatic carbocycles. The van der Waals surface area contributed by atoms with Crippen molar-refractivity contribution in [2.24, 2.45) is 10.9 Å². The van der Waals surface area contributed by atoms with E-state index in [-0.39, 0.29) is 0 Å². The minimum Gasteiger partial charge on any atom is -0.402 e. The van der Waals surface area contributed by atoms with Crippen LogP contribution in [0, 0.1) is 0 Å². The van der Waals surface area contributed by atoms with Crippen LogP contribution in [0.25, 0.3) is 0 Å². The molecule has 0 rings (SSSR count). The highest BCUT2D eigenvalue weighted by Gasteiger charge is 1.73. The van der Waals surface area contributed by atoms with Crippen LogP contribution in [0.3, 0.4) is 0 Å². The summed E-state index contributed by atoms with van der Waals surface area (Å²) in [7, 11) is 0. The molecule has 0 saturated carbocycles. The summed E-state index contributed by atoms with van der Waals surface area (Å²) in [4.78, 5) is 0. The molecule has 0 bridgehead atoms. The summed E-state index contributed by atoms with van der Waals surface area (Å²) in [6.45, 7) is 1.84. The molecule has 0 heterocycles. The summed E-state index contributed by atoms with van der Waals surface area (Å²) in [6, 6.07) is 0. The highest BCUT2D eigenvalue weighted by atomic mass is 32.2. The lowest BCUT2D eigenvalue weighted by Crippen LogP contribution is -1.91. The van der Waals surface area contributed by atoms with Crippen molar-refractivity contribution in [3.8, 4) is 0 Å². The van der Waals surface area contributed by atoms with E-state index in [0.29, 0.717) is 0 Å². The first kappa shape index (κ1) is 6.85. The van der Waals surface area contributed by atoms with Crippen LogP contribution < -0.4 is 10.9 Å². The third kappa shape index (κ3) is 5.85. The van der Waals surface area contributed by atoms with Gasteiger partial charge in [-0.25, -0.2) is 0 Å². The van der Waals surface area contributed by atoms with Crippen LogP contribution >= 0.6 is 11.9 Å². The van der Waals surface area contributed by atoms with Gasteiger partial charge < -0.3 is 5.73 Å². The molecule has 0 atom stereocenters. The summed E-state index contributed by atoms with van der Waals surface area (Å²) in [6.07, 6.45) is 1.88. The lowest BCUT2D eigenvalue weighted by Gasteiger charge is -1.85. The molecule has 0 aliphatic heterocycles. The van der Waals surface area contributed by atoms with Gasteiger partial charge in [0.15, 0.2) is 0 Å². The van der Waals surface area contributed by atoms with Gasteiger partial charge in [0.05, 0.1) is 0 Å². The molecule has 0 aliphatic carbocycles. The zero-order valence-electron chi connectivity index (χ0n) is 4.35. The molecule has 4 N–H and O–H groups in total. The molecule has 0 saturated heterocycles. The second-order valence-electron chi connectivity index (χ2n) is 1.28. The van der Waals surface area contributed by atoms with Gasteiger partial charge in [-0.15, -0.1) is 0 Å². The van der Waals surface area contributed by atoms with E-state index in [1.807, 2.05) is 13.0 Å². The van der Waals surface area contributed by atoms with Crippen LogP contribution in [0.4, 0.5) is 0 Å². The van der Waals surface area contributed by atoms with Crippen molar-refractivity contribution in [2.75, 3.05) is 5.75 Å². The third-order valence-corrected chi connectivity index (χ3v) is 0.861. The minimum atomic E-state index is 0.808. The van der Waals surface area contributed by atoms with E-state index < -0.39 is 0 Å². The number of hydrogen-bond donors (Lipinski definition) is 2. The van der Waals surface area contributed by atoms with Gasteiger partial charge in [-0.05, 0) is 6.92 Å². The maximum absolute atomic E-state index is 5.27. The minimum absolute atomic E-state index is 0.808. The van der Waals surface area contributed by atoms with Crippen LogP contribution in [0.2, 0.25) is 0 Å². The quantitative estimate of drug-likeness (QED) is 0.518. The average Bonchev–Trinajstić information content (AvgIpc) is 1.61. The summed E-state index contributed by atoms with van der Waals surface area (Å²) in [5.74, 6) is 0.808. The zero-order chi connectivity index (χ0) is 5.70. The Morgan fingerprint density at radius 3 is 2.57 bits per heavy atom. The molecule has 0 unspecified atom stereocenters. The summed E-state index contributed by atoms with van der Waals surface area (Å²) < 4.78 is 0. The van der Waals surface area contributed by atoms with Gasteiger partial charge in [-0.2, -0.15) is 0 Å². The predicted octanol–water partition coefficient (Wildman–Crippen LogP) is 0.456. The van der Waals surface area contributed by atoms with E-state index >= 15 is 0 Å². The molecule has 0 fully saturated rings. The lowest BCUT2D eigenvalue weighted by atomic mass is 10.5. The molecule has 2 nitrogen and oxygen atoms in total. The fraction of sp³-hybridized carbons (Fsp3) is 0.500. The van der Waals surface area contributed by atoms with Crippen LogP contribution in [0.15, 0.2) is 11.8 Å². The van der Waals surface area contributed by atoms with E-state index in [9.17, 15) is 0 Å². The molecule has 0 aromatic heterocycles. The van der Waals surface area contributed by atoms with Crippen LogP contribution in [-0.4, -0.2) is 5.75 Å². The fourth-order valence-corrected chi connectivity index (χ4v) is 0.539. The Kier molecular flexibility index (Phi) is 3.93. The van der Waals surface area contributed by atoms with Crippen molar-refractivity contribution >= 4 is 11.9 Å². The topological polar surface area (TPSA) is 52.0 Å². The smallest absolute Gasteiger partial charge is 0.0276 e. The Bertz CT molecular complexity index is 66.1. The van der Waals surface area contributed by atoms with E-state index in [0.717, 1.165) is 11.4 Å². The van der Waals surface area contributed by atoms with Crippen LogP contribution in [0.5, 0.6) is 0 Å². The second-order valence-corrected chi connectivity index (χ2v) is 1.95. The molecule has 0 aliphatic rings. The first-order valence-electron chi connectivity index (χ1n) is 2.01. The van der Waals surface area contributed by atoms with Gasteiger partial charge in [0.2, 0.25) is 0 Å². The van der Waals surface area contributed by atoms with Gasteiger partial charge in [-0.1, -0.05) is 18.0 Å². The number of hydrogen-bond acceptors (Lipinski definition) is 3. The first-order chi connectivity index (χ1) is 3.27. The Labute approximate surface area is 48.1 Å². The lowest BCUT2D eigenvalue weighted by molar-refractivity contribution is 1.30.